The summed E-state index contributed by atoms with van der Waals surface area (Å²) in [7, 11) is 0. The zero-order chi connectivity index (χ0) is 17.5. The number of carbonyl (C=O) groups is 3. The minimum absolute atomic E-state index is 0.181. The molecule has 1 aromatic carbocycles. The third kappa shape index (κ3) is 5.26. The molecule has 2 amide bonds. The first kappa shape index (κ1) is 17.8. The maximum atomic E-state index is 12.1. The summed E-state index contributed by atoms with van der Waals surface area (Å²) in [5.41, 5.74) is 5.28. The highest BCUT2D eigenvalue weighted by Crippen LogP contribution is 2.18. The number of rotatable bonds is 7. The molecule has 0 heterocycles. The van der Waals surface area contributed by atoms with Crippen molar-refractivity contribution in [2.75, 3.05) is 6.61 Å². The molecule has 130 valence electrons. The highest BCUT2D eigenvalue weighted by Gasteiger charge is 2.23. The van der Waals surface area contributed by atoms with E-state index in [2.05, 4.69) is 5.32 Å². The Morgan fingerprint density at radius 3 is 2.42 bits per heavy atom. The Bertz CT molecular complexity index is 594. The molecule has 7 nitrogen and oxygen atoms in total. The van der Waals surface area contributed by atoms with E-state index in [9.17, 15) is 14.4 Å². The molecule has 0 bridgehead atoms. The van der Waals surface area contributed by atoms with Crippen LogP contribution in [-0.2, 0) is 14.3 Å². The average molecular weight is 334 g/mol. The van der Waals surface area contributed by atoms with Crippen molar-refractivity contribution in [2.24, 2.45) is 5.73 Å². The van der Waals surface area contributed by atoms with Crippen molar-refractivity contribution in [3.05, 3.63) is 29.8 Å². The van der Waals surface area contributed by atoms with E-state index in [-0.39, 0.29) is 18.6 Å². The van der Waals surface area contributed by atoms with Crippen LogP contribution >= 0.6 is 0 Å². The number of primary amides is 1. The molecule has 1 aromatic rings. The van der Waals surface area contributed by atoms with E-state index in [1.807, 2.05) is 0 Å². The molecule has 0 radical (unpaired) electrons. The van der Waals surface area contributed by atoms with Gasteiger partial charge >= 0.3 is 5.97 Å². The van der Waals surface area contributed by atoms with Gasteiger partial charge in [-0.25, -0.2) is 4.79 Å². The third-order valence-corrected chi connectivity index (χ3v) is 3.83. The van der Waals surface area contributed by atoms with Gasteiger partial charge in [0.2, 0.25) is 0 Å². The molecule has 2 rings (SSSR count). The van der Waals surface area contributed by atoms with Crippen LogP contribution in [0.4, 0.5) is 0 Å². The predicted octanol–water partition coefficient (Wildman–Crippen LogP) is 1.15. The van der Waals surface area contributed by atoms with Gasteiger partial charge in [0.15, 0.2) is 12.7 Å². The van der Waals surface area contributed by atoms with Gasteiger partial charge in [-0.05, 0) is 44.0 Å². The van der Waals surface area contributed by atoms with Crippen molar-refractivity contribution < 1.29 is 23.9 Å². The molecule has 0 spiro atoms. The Morgan fingerprint density at radius 1 is 1.21 bits per heavy atom. The Kier molecular flexibility index (Phi) is 6.17. The van der Waals surface area contributed by atoms with E-state index in [1.54, 1.807) is 6.92 Å². The fourth-order valence-corrected chi connectivity index (χ4v) is 2.51. The summed E-state index contributed by atoms with van der Waals surface area (Å²) in [6.45, 7) is 1.31. The lowest BCUT2D eigenvalue weighted by atomic mass is 10.2. The summed E-state index contributed by atoms with van der Waals surface area (Å²) >= 11 is 0. The number of hydrogen-bond donors (Lipinski definition) is 2. The van der Waals surface area contributed by atoms with Gasteiger partial charge < -0.3 is 20.5 Å². The van der Waals surface area contributed by atoms with E-state index in [0.29, 0.717) is 11.3 Å². The number of benzene rings is 1. The van der Waals surface area contributed by atoms with Crippen LogP contribution in [-0.4, -0.2) is 36.5 Å². The number of amides is 2. The molecular formula is C17H22N2O5. The molecule has 1 aliphatic carbocycles. The van der Waals surface area contributed by atoms with Crippen molar-refractivity contribution in [3.63, 3.8) is 0 Å². The average Bonchev–Trinajstić information content (AvgIpc) is 3.06. The minimum Gasteiger partial charge on any atom is -0.484 e. The second kappa shape index (κ2) is 8.33. The van der Waals surface area contributed by atoms with E-state index in [4.69, 9.17) is 15.2 Å². The molecule has 1 aliphatic rings. The normalized spacial score (nSPS) is 15.5. The van der Waals surface area contributed by atoms with Crippen molar-refractivity contribution in [1.82, 2.24) is 5.32 Å². The van der Waals surface area contributed by atoms with Crippen LogP contribution in [0.2, 0.25) is 0 Å². The molecule has 0 saturated heterocycles. The molecule has 1 saturated carbocycles. The summed E-state index contributed by atoms with van der Waals surface area (Å²) in [6, 6.07) is 6.24. The van der Waals surface area contributed by atoms with Crippen LogP contribution < -0.4 is 15.8 Å². The summed E-state index contributed by atoms with van der Waals surface area (Å²) in [5.74, 6) is -1.04. The zero-order valence-electron chi connectivity index (χ0n) is 13.6. The standard InChI is InChI=1S/C17H22N2O5/c1-11(16(21)19-13-4-2-3-5-13)24-17(22)12-6-8-14(9-7-12)23-10-15(18)20/h6-9,11,13H,2-5,10H2,1H3,(H2,18,20)(H,19,21). The maximum Gasteiger partial charge on any atom is 0.338 e. The summed E-state index contributed by atoms with van der Waals surface area (Å²) in [4.78, 5) is 34.7. The van der Waals surface area contributed by atoms with Crippen LogP contribution in [0.3, 0.4) is 0 Å². The van der Waals surface area contributed by atoms with E-state index >= 15 is 0 Å². The van der Waals surface area contributed by atoms with Gasteiger partial charge in [0, 0.05) is 6.04 Å². The molecule has 7 heteroatoms. The van der Waals surface area contributed by atoms with Crippen LogP contribution in [0, 0.1) is 0 Å². The highest BCUT2D eigenvalue weighted by molar-refractivity contribution is 5.92. The zero-order valence-corrected chi connectivity index (χ0v) is 13.6. The van der Waals surface area contributed by atoms with Crippen molar-refractivity contribution in [3.8, 4) is 5.75 Å². The van der Waals surface area contributed by atoms with Crippen LogP contribution in [0.25, 0.3) is 0 Å². The fraction of sp³-hybridized carbons (Fsp3) is 0.471. The van der Waals surface area contributed by atoms with Crippen molar-refractivity contribution >= 4 is 17.8 Å². The first-order chi connectivity index (χ1) is 11.5. The molecule has 1 fully saturated rings. The summed E-state index contributed by atoms with van der Waals surface area (Å²) < 4.78 is 10.3. The quantitative estimate of drug-likeness (QED) is 0.727. The Morgan fingerprint density at radius 2 is 1.83 bits per heavy atom. The number of ether oxygens (including phenoxy) is 2. The molecule has 0 aromatic heterocycles. The van der Waals surface area contributed by atoms with Gasteiger partial charge in [-0.1, -0.05) is 12.8 Å². The Labute approximate surface area is 140 Å². The Hall–Kier alpha value is -2.57. The lowest BCUT2D eigenvalue weighted by Crippen LogP contribution is -2.40. The predicted molar refractivity (Wildman–Crippen MR) is 86.4 cm³/mol. The summed E-state index contributed by atoms with van der Waals surface area (Å²) in [6.07, 6.45) is 3.31. The largest absolute Gasteiger partial charge is 0.484 e. The van der Waals surface area contributed by atoms with Gasteiger partial charge in [-0.2, -0.15) is 0 Å². The number of carbonyl (C=O) groups excluding carboxylic acids is 3. The first-order valence-corrected chi connectivity index (χ1v) is 7.98. The minimum atomic E-state index is -0.858. The SMILES string of the molecule is CC(OC(=O)c1ccc(OCC(N)=O)cc1)C(=O)NC1CCCC1. The van der Waals surface area contributed by atoms with Gasteiger partial charge in [-0.15, -0.1) is 0 Å². The van der Waals surface area contributed by atoms with E-state index < -0.39 is 18.0 Å². The van der Waals surface area contributed by atoms with Gasteiger partial charge in [0.05, 0.1) is 5.56 Å². The van der Waals surface area contributed by atoms with Crippen molar-refractivity contribution in [1.29, 1.82) is 0 Å². The molecular weight excluding hydrogens is 312 g/mol. The topological polar surface area (TPSA) is 108 Å². The number of nitrogens with one attached hydrogen (secondary N) is 1. The second-order valence-electron chi connectivity index (χ2n) is 5.82. The lowest BCUT2D eigenvalue weighted by Gasteiger charge is -2.17. The van der Waals surface area contributed by atoms with Crippen LogP contribution in [0.1, 0.15) is 43.0 Å². The number of esters is 1. The van der Waals surface area contributed by atoms with Crippen LogP contribution in [0.5, 0.6) is 5.75 Å². The lowest BCUT2D eigenvalue weighted by molar-refractivity contribution is -0.129. The fourth-order valence-electron chi connectivity index (χ4n) is 2.51. The molecule has 1 atom stereocenters. The highest BCUT2D eigenvalue weighted by atomic mass is 16.5. The van der Waals surface area contributed by atoms with Gasteiger partial charge in [0.25, 0.3) is 11.8 Å². The maximum absolute atomic E-state index is 12.1. The molecule has 24 heavy (non-hydrogen) atoms. The molecule has 1 unspecified atom stereocenters. The van der Waals surface area contributed by atoms with Gasteiger partial charge in [0.1, 0.15) is 5.75 Å². The number of nitrogens with two attached hydrogens (primary N) is 1. The first-order valence-electron chi connectivity index (χ1n) is 7.98. The smallest absolute Gasteiger partial charge is 0.338 e. The third-order valence-electron chi connectivity index (χ3n) is 3.83. The molecule has 0 aliphatic heterocycles. The monoisotopic (exact) mass is 334 g/mol. The van der Waals surface area contributed by atoms with Crippen molar-refractivity contribution in [2.45, 2.75) is 44.8 Å². The van der Waals surface area contributed by atoms with E-state index in [1.165, 1.54) is 24.3 Å². The number of hydrogen-bond acceptors (Lipinski definition) is 5. The Balaban J connectivity index is 1.84. The van der Waals surface area contributed by atoms with E-state index in [0.717, 1.165) is 25.7 Å². The second-order valence-corrected chi connectivity index (χ2v) is 5.82. The summed E-state index contributed by atoms with van der Waals surface area (Å²) in [5, 5.41) is 2.89. The van der Waals surface area contributed by atoms with Gasteiger partial charge in [-0.3, -0.25) is 9.59 Å². The van der Waals surface area contributed by atoms with Crippen LogP contribution in [0.15, 0.2) is 24.3 Å². The molecule has 3 N–H and O–H groups in total.